The average molecular weight is 381 g/mol. The zero-order valence-electron chi connectivity index (χ0n) is 17.1. The highest BCUT2D eigenvalue weighted by atomic mass is 16.5. The van der Waals surface area contributed by atoms with Crippen molar-refractivity contribution >= 4 is 6.08 Å². The Morgan fingerprint density at radius 1 is 1.32 bits per heavy atom. The molecule has 1 saturated carbocycles. The third-order valence-corrected chi connectivity index (χ3v) is 6.45. The van der Waals surface area contributed by atoms with E-state index >= 15 is 0 Å². The van der Waals surface area contributed by atoms with E-state index < -0.39 is 0 Å². The molecule has 0 bridgehead atoms. The summed E-state index contributed by atoms with van der Waals surface area (Å²) >= 11 is 0. The van der Waals surface area contributed by atoms with Crippen molar-refractivity contribution in [3.8, 4) is 5.75 Å². The number of para-hydroxylation sites is 1. The second-order valence-corrected chi connectivity index (χ2v) is 8.04. The topological polar surface area (TPSA) is 42.3 Å². The lowest BCUT2D eigenvalue weighted by Crippen LogP contribution is -2.36. The number of hydrogen-bond donors (Lipinski definition) is 1. The Labute approximate surface area is 168 Å². The molecule has 2 aromatic rings. The highest BCUT2D eigenvalue weighted by molar-refractivity contribution is 5.57. The normalized spacial score (nSPS) is 20.9. The van der Waals surface area contributed by atoms with Gasteiger partial charge < -0.3 is 14.6 Å². The molecule has 1 unspecified atom stereocenters. The Morgan fingerprint density at radius 2 is 2.14 bits per heavy atom. The largest absolute Gasteiger partial charge is 0.496 e. The van der Waals surface area contributed by atoms with Crippen LogP contribution in [0.5, 0.6) is 5.75 Å². The van der Waals surface area contributed by atoms with E-state index in [4.69, 9.17) is 4.74 Å². The number of methoxy groups -OCH3 is 1. The minimum atomic E-state index is 0.521. The van der Waals surface area contributed by atoms with Gasteiger partial charge in [0.05, 0.1) is 13.7 Å². The zero-order chi connectivity index (χ0) is 19.4. The van der Waals surface area contributed by atoms with E-state index in [0.29, 0.717) is 11.5 Å². The van der Waals surface area contributed by atoms with Gasteiger partial charge in [0.15, 0.2) is 0 Å². The van der Waals surface area contributed by atoms with E-state index in [1.807, 2.05) is 18.3 Å². The van der Waals surface area contributed by atoms with E-state index in [9.17, 15) is 0 Å². The third-order valence-electron chi connectivity index (χ3n) is 6.45. The highest BCUT2D eigenvalue weighted by Gasteiger charge is 2.56. The fourth-order valence-corrected chi connectivity index (χ4v) is 4.69. The molecule has 5 heteroatoms. The first-order valence-corrected chi connectivity index (χ1v) is 10.5. The molecule has 28 heavy (non-hydrogen) atoms. The third kappa shape index (κ3) is 4.01. The quantitative estimate of drug-likeness (QED) is 0.760. The Bertz CT molecular complexity index is 806. The molecule has 4 rings (SSSR count). The molecule has 1 aromatic heterocycles. The predicted octanol–water partition coefficient (Wildman–Crippen LogP) is 3.57. The molecular weight excluding hydrogens is 348 g/mol. The number of ether oxygens (including phenoxy) is 1. The van der Waals surface area contributed by atoms with E-state index in [1.54, 1.807) is 7.11 Å². The molecule has 1 spiro atoms. The van der Waals surface area contributed by atoms with E-state index in [2.05, 4.69) is 57.2 Å². The molecule has 0 amide bonds. The van der Waals surface area contributed by atoms with Crippen LogP contribution in [0.2, 0.25) is 0 Å². The summed E-state index contributed by atoms with van der Waals surface area (Å²) in [4.78, 5) is 7.26. The summed E-state index contributed by atoms with van der Waals surface area (Å²) in [6.07, 6.45) is 12.4. The van der Waals surface area contributed by atoms with Gasteiger partial charge in [-0.1, -0.05) is 30.4 Å². The smallest absolute Gasteiger partial charge is 0.126 e. The Morgan fingerprint density at radius 3 is 2.93 bits per heavy atom. The van der Waals surface area contributed by atoms with E-state index in [0.717, 1.165) is 44.0 Å². The molecule has 5 nitrogen and oxygen atoms in total. The number of aromatic nitrogens is 2. The molecule has 1 aliphatic heterocycles. The van der Waals surface area contributed by atoms with Crippen LogP contribution in [0.1, 0.15) is 37.6 Å². The van der Waals surface area contributed by atoms with Crippen molar-refractivity contribution in [3.05, 3.63) is 54.1 Å². The fourth-order valence-electron chi connectivity index (χ4n) is 4.69. The lowest BCUT2D eigenvalue weighted by molar-refractivity contribution is 0.207. The fraction of sp³-hybridized carbons (Fsp3) is 0.522. The van der Waals surface area contributed by atoms with Crippen molar-refractivity contribution in [3.63, 3.8) is 0 Å². The number of imidazole rings is 1. The van der Waals surface area contributed by atoms with Crippen LogP contribution in [0.4, 0.5) is 0 Å². The molecule has 2 fully saturated rings. The van der Waals surface area contributed by atoms with Gasteiger partial charge in [0, 0.05) is 37.1 Å². The summed E-state index contributed by atoms with van der Waals surface area (Å²) in [5.41, 5.74) is 1.65. The number of nitrogens with zero attached hydrogens (tertiary/aromatic N) is 3. The summed E-state index contributed by atoms with van der Waals surface area (Å²) in [6, 6.07) is 8.86. The van der Waals surface area contributed by atoms with Crippen LogP contribution < -0.4 is 10.1 Å². The monoisotopic (exact) mass is 380 g/mol. The molecule has 1 saturated heterocycles. The van der Waals surface area contributed by atoms with Crippen LogP contribution in [0, 0.1) is 5.41 Å². The molecule has 2 aliphatic rings. The van der Waals surface area contributed by atoms with Gasteiger partial charge in [0.1, 0.15) is 11.6 Å². The van der Waals surface area contributed by atoms with Gasteiger partial charge in [-0.2, -0.15) is 0 Å². The molecule has 150 valence electrons. The molecule has 1 aromatic carbocycles. The second kappa shape index (κ2) is 8.50. The summed E-state index contributed by atoms with van der Waals surface area (Å²) < 4.78 is 7.74. The molecule has 1 N–H and O–H groups in total. The van der Waals surface area contributed by atoms with Crippen molar-refractivity contribution in [1.82, 2.24) is 19.8 Å². The van der Waals surface area contributed by atoms with Gasteiger partial charge in [0.25, 0.3) is 0 Å². The first-order chi connectivity index (χ1) is 13.8. The first kappa shape index (κ1) is 19.2. The second-order valence-electron chi connectivity index (χ2n) is 8.04. The number of hydrogen-bond acceptors (Lipinski definition) is 4. The number of nitrogens with one attached hydrogen (secondary N) is 1. The maximum absolute atomic E-state index is 5.48. The highest BCUT2D eigenvalue weighted by Crippen LogP contribution is 2.55. The van der Waals surface area contributed by atoms with Crippen molar-refractivity contribution in [2.45, 2.75) is 45.3 Å². The molecule has 0 radical (unpaired) electrons. The standard InChI is InChI=1S/C23H32N4O/c1-3-26-16-14-25-22(26)18-27(21-17-23(21)10-12-24-13-11-23)15-6-8-19-7-4-5-9-20(19)28-2/h4-9,14,16,21,24H,3,10-13,15,17-18H2,1-2H3/b8-6-. The Kier molecular flexibility index (Phi) is 5.83. The summed E-state index contributed by atoms with van der Waals surface area (Å²) in [6.45, 7) is 7.32. The number of piperidine rings is 1. The minimum Gasteiger partial charge on any atom is -0.496 e. The Hall–Kier alpha value is -2.11. The van der Waals surface area contributed by atoms with E-state index in [-0.39, 0.29) is 0 Å². The molecule has 1 atom stereocenters. The van der Waals surface area contributed by atoms with Crippen LogP contribution in [-0.4, -0.2) is 47.2 Å². The molecular formula is C23H32N4O. The van der Waals surface area contributed by atoms with Gasteiger partial charge in [-0.3, -0.25) is 4.90 Å². The van der Waals surface area contributed by atoms with Crippen molar-refractivity contribution in [1.29, 1.82) is 0 Å². The number of rotatable bonds is 8. The van der Waals surface area contributed by atoms with Crippen molar-refractivity contribution in [2.75, 3.05) is 26.7 Å². The van der Waals surface area contributed by atoms with Crippen LogP contribution in [0.3, 0.4) is 0 Å². The number of benzene rings is 1. The summed E-state index contributed by atoms with van der Waals surface area (Å²) in [5, 5.41) is 3.52. The zero-order valence-corrected chi connectivity index (χ0v) is 17.1. The first-order valence-electron chi connectivity index (χ1n) is 10.5. The van der Waals surface area contributed by atoms with Crippen molar-refractivity contribution < 1.29 is 4.74 Å². The van der Waals surface area contributed by atoms with Gasteiger partial charge in [-0.25, -0.2) is 4.98 Å². The number of aryl methyl sites for hydroxylation is 1. The molecule has 1 aliphatic carbocycles. The van der Waals surface area contributed by atoms with Gasteiger partial charge in [0.2, 0.25) is 0 Å². The van der Waals surface area contributed by atoms with Crippen LogP contribution >= 0.6 is 0 Å². The van der Waals surface area contributed by atoms with E-state index in [1.165, 1.54) is 25.1 Å². The molecule has 2 heterocycles. The summed E-state index contributed by atoms with van der Waals surface area (Å²) in [5.74, 6) is 2.09. The maximum atomic E-state index is 5.48. The van der Waals surface area contributed by atoms with Gasteiger partial charge in [-0.05, 0) is 50.8 Å². The van der Waals surface area contributed by atoms with Crippen LogP contribution in [0.25, 0.3) is 6.08 Å². The predicted molar refractivity (Wildman–Crippen MR) is 113 cm³/mol. The lowest BCUT2D eigenvalue weighted by Gasteiger charge is -2.29. The SMILES string of the molecule is CCn1ccnc1CN(C/C=C\c1ccccc1OC)C1CC12CCNCC2. The van der Waals surface area contributed by atoms with Crippen molar-refractivity contribution in [2.24, 2.45) is 5.41 Å². The summed E-state index contributed by atoms with van der Waals surface area (Å²) in [7, 11) is 1.73. The average Bonchev–Trinajstić information content (AvgIpc) is 3.21. The van der Waals surface area contributed by atoms with Gasteiger partial charge >= 0.3 is 0 Å². The lowest BCUT2D eigenvalue weighted by atomic mass is 9.93. The minimum absolute atomic E-state index is 0.521. The van der Waals surface area contributed by atoms with Crippen LogP contribution in [-0.2, 0) is 13.1 Å². The van der Waals surface area contributed by atoms with Crippen LogP contribution in [0.15, 0.2) is 42.7 Å². The maximum Gasteiger partial charge on any atom is 0.126 e. The Balaban J connectivity index is 1.49. The van der Waals surface area contributed by atoms with Gasteiger partial charge in [-0.15, -0.1) is 0 Å².